The summed E-state index contributed by atoms with van der Waals surface area (Å²) in [7, 11) is 0. The average molecular weight is 270 g/mol. The topological polar surface area (TPSA) is 36.1 Å². The predicted molar refractivity (Wildman–Crippen MR) is 83.0 cm³/mol. The summed E-state index contributed by atoms with van der Waals surface area (Å²) in [4.78, 5) is 18.4. The Kier molecular flexibility index (Phi) is 3.62. The molecule has 0 aliphatic carbocycles. The van der Waals surface area contributed by atoms with Crippen LogP contribution in [0.1, 0.15) is 31.0 Å². The first-order valence-electron chi connectivity index (χ1n) is 7.48. The van der Waals surface area contributed by atoms with E-state index in [0.717, 1.165) is 47.7 Å². The van der Waals surface area contributed by atoms with Crippen LogP contribution in [0.2, 0.25) is 0 Å². The molecule has 1 N–H and O–H groups in total. The first-order chi connectivity index (χ1) is 9.65. The van der Waals surface area contributed by atoms with Gasteiger partial charge >= 0.3 is 0 Å². The summed E-state index contributed by atoms with van der Waals surface area (Å²) in [5, 5.41) is 0.804. The molecule has 1 aromatic heterocycles. The molecule has 3 nitrogen and oxygen atoms in total. The third kappa shape index (κ3) is 2.50. The standard InChI is InChI=1S/C17H22N2O/c1-12-6-5-9-19(10-12)11-15-13(2)18-16-8-4-3-7-14(16)17(15)20/h3-4,7-8,12H,5-6,9-11H2,1-2H3,(H,18,20)/t12-/m0/s1. The Bertz CT molecular complexity index is 674. The van der Waals surface area contributed by atoms with Gasteiger partial charge in [0.05, 0.1) is 0 Å². The maximum Gasteiger partial charge on any atom is 0.194 e. The molecule has 106 valence electrons. The van der Waals surface area contributed by atoms with Crippen molar-refractivity contribution in [1.29, 1.82) is 0 Å². The smallest absolute Gasteiger partial charge is 0.194 e. The molecule has 1 saturated heterocycles. The molecule has 3 rings (SSSR count). The fourth-order valence-electron chi connectivity index (χ4n) is 3.24. The van der Waals surface area contributed by atoms with E-state index < -0.39 is 0 Å². The van der Waals surface area contributed by atoms with Gasteiger partial charge in [-0.15, -0.1) is 0 Å². The molecule has 1 atom stereocenters. The van der Waals surface area contributed by atoms with E-state index in [1.54, 1.807) is 0 Å². The van der Waals surface area contributed by atoms with Crippen molar-refractivity contribution in [2.75, 3.05) is 13.1 Å². The lowest BCUT2D eigenvalue weighted by Gasteiger charge is -2.31. The minimum Gasteiger partial charge on any atom is -0.358 e. The van der Waals surface area contributed by atoms with Gasteiger partial charge in [-0.25, -0.2) is 0 Å². The van der Waals surface area contributed by atoms with Crippen molar-refractivity contribution in [3.8, 4) is 0 Å². The van der Waals surface area contributed by atoms with Gasteiger partial charge in [-0.2, -0.15) is 0 Å². The van der Waals surface area contributed by atoms with Crippen LogP contribution in [-0.2, 0) is 6.54 Å². The van der Waals surface area contributed by atoms with Gasteiger partial charge in [-0.3, -0.25) is 9.69 Å². The molecule has 2 aromatic rings. The van der Waals surface area contributed by atoms with E-state index in [2.05, 4.69) is 16.8 Å². The predicted octanol–water partition coefficient (Wildman–Crippen LogP) is 3.07. The fourth-order valence-corrected chi connectivity index (χ4v) is 3.24. The van der Waals surface area contributed by atoms with E-state index >= 15 is 0 Å². The summed E-state index contributed by atoms with van der Waals surface area (Å²) < 4.78 is 0. The molecule has 0 spiro atoms. The van der Waals surface area contributed by atoms with Crippen molar-refractivity contribution in [3.05, 3.63) is 45.7 Å². The number of hydrogen-bond acceptors (Lipinski definition) is 2. The third-order valence-corrected chi connectivity index (χ3v) is 4.34. The number of H-pyrrole nitrogens is 1. The number of aryl methyl sites for hydroxylation is 1. The average Bonchev–Trinajstić information content (AvgIpc) is 2.43. The maximum absolute atomic E-state index is 12.7. The highest BCUT2D eigenvalue weighted by Crippen LogP contribution is 2.18. The molecular formula is C17H22N2O. The molecule has 1 aliphatic rings. The van der Waals surface area contributed by atoms with Crippen molar-refractivity contribution in [2.45, 2.75) is 33.2 Å². The van der Waals surface area contributed by atoms with E-state index in [1.165, 1.54) is 12.8 Å². The number of aromatic amines is 1. The summed E-state index contributed by atoms with van der Waals surface area (Å²) in [6.07, 6.45) is 2.55. The normalized spacial score (nSPS) is 20.4. The summed E-state index contributed by atoms with van der Waals surface area (Å²) >= 11 is 0. The van der Waals surface area contributed by atoms with Crippen molar-refractivity contribution in [2.24, 2.45) is 5.92 Å². The Morgan fingerprint density at radius 3 is 2.95 bits per heavy atom. The van der Waals surface area contributed by atoms with Gasteiger partial charge in [0.15, 0.2) is 5.43 Å². The Morgan fingerprint density at radius 1 is 1.35 bits per heavy atom. The fraction of sp³-hybridized carbons (Fsp3) is 0.471. The third-order valence-electron chi connectivity index (χ3n) is 4.34. The van der Waals surface area contributed by atoms with Gasteiger partial charge < -0.3 is 4.98 Å². The van der Waals surface area contributed by atoms with Crippen molar-refractivity contribution >= 4 is 10.9 Å². The quantitative estimate of drug-likeness (QED) is 0.910. The van der Waals surface area contributed by atoms with E-state index in [4.69, 9.17) is 0 Å². The molecule has 0 radical (unpaired) electrons. The van der Waals surface area contributed by atoms with Crippen LogP contribution in [0.25, 0.3) is 10.9 Å². The molecule has 20 heavy (non-hydrogen) atoms. The number of nitrogens with zero attached hydrogens (tertiary/aromatic N) is 1. The van der Waals surface area contributed by atoms with Crippen molar-refractivity contribution in [3.63, 3.8) is 0 Å². The molecule has 0 amide bonds. The molecule has 3 heteroatoms. The zero-order chi connectivity index (χ0) is 14.1. The van der Waals surface area contributed by atoms with Gasteiger partial charge in [0.25, 0.3) is 0 Å². The van der Waals surface area contributed by atoms with Crippen LogP contribution in [0.4, 0.5) is 0 Å². The molecule has 0 unspecified atom stereocenters. The van der Waals surface area contributed by atoms with E-state index in [9.17, 15) is 4.79 Å². The second-order valence-electron chi connectivity index (χ2n) is 6.09. The number of benzene rings is 1. The van der Waals surface area contributed by atoms with Crippen molar-refractivity contribution < 1.29 is 0 Å². The van der Waals surface area contributed by atoms with Crippen LogP contribution in [-0.4, -0.2) is 23.0 Å². The number of hydrogen-bond donors (Lipinski definition) is 1. The molecule has 0 bridgehead atoms. The second-order valence-corrected chi connectivity index (χ2v) is 6.09. The molecule has 1 aliphatic heterocycles. The minimum absolute atomic E-state index is 0.190. The molecular weight excluding hydrogens is 248 g/mol. The maximum atomic E-state index is 12.7. The van der Waals surface area contributed by atoms with Crippen LogP contribution in [0.15, 0.2) is 29.1 Å². The lowest BCUT2D eigenvalue weighted by molar-refractivity contribution is 0.176. The highest BCUT2D eigenvalue weighted by molar-refractivity contribution is 5.79. The summed E-state index contributed by atoms with van der Waals surface area (Å²) in [5.74, 6) is 0.739. The monoisotopic (exact) mass is 270 g/mol. The molecule has 1 aromatic carbocycles. The number of aromatic nitrogens is 1. The SMILES string of the molecule is Cc1[nH]c2ccccc2c(=O)c1CN1CCC[C@H](C)C1. The Labute approximate surface area is 119 Å². The zero-order valence-electron chi connectivity index (χ0n) is 12.3. The highest BCUT2D eigenvalue weighted by atomic mass is 16.1. The summed E-state index contributed by atoms with van der Waals surface area (Å²) in [5.41, 5.74) is 3.06. The van der Waals surface area contributed by atoms with Crippen molar-refractivity contribution in [1.82, 2.24) is 9.88 Å². The van der Waals surface area contributed by atoms with Gasteiger partial charge in [0, 0.05) is 35.2 Å². The molecule has 2 heterocycles. The zero-order valence-corrected chi connectivity index (χ0v) is 12.3. The van der Waals surface area contributed by atoms with E-state index in [1.807, 2.05) is 31.2 Å². The van der Waals surface area contributed by atoms with Gasteiger partial charge in [-0.1, -0.05) is 19.1 Å². The summed E-state index contributed by atoms with van der Waals surface area (Å²) in [6, 6.07) is 7.77. The lowest BCUT2D eigenvalue weighted by atomic mass is 9.99. The highest BCUT2D eigenvalue weighted by Gasteiger charge is 2.19. The minimum atomic E-state index is 0.190. The van der Waals surface area contributed by atoms with E-state index in [-0.39, 0.29) is 5.43 Å². The van der Waals surface area contributed by atoms with Crippen LogP contribution in [0, 0.1) is 12.8 Å². The first kappa shape index (κ1) is 13.4. The van der Waals surface area contributed by atoms with Gasteiger partial charge in [0.1, 0.15) is 0 Å². The molecule has 0 saturated carbocycles. The molecule has 1 fully saturated rings. The number of pyridine rings is 1. The van der Waals surface area contributed by atoms with Crippen LogP contribution in [0.3, 0.4) is 0 Å². The Morgan fingerprint density at radius 2 is 2.15 bits per heavy atom. The first-order valence-corrected chi connectivity index (χ1v) is 7.48. The largest absolute Gasteiger partial charge is 0.358 e. The summed E-state index contributed by atoms with van der Waals surface area (Å²) in [6.45, 7) is 7.29. The number of nitrogens with one attached hydrogen (secondary N) is 1. The Hall–Kier alpha value is -1.61. The van der Waals surface area contributed by atoms with Gasteiger partial charge in [0.2, 0.25) is 0 Å². The second kappa shape index (κ2) is 5.41. The van der Waals surface area contributed by atoms with Crippen LogP contribution >= 0.6 is 0 Å². The Balaban J connectivity index is 1.97. The van der Waals surface area contributed by atoms with Crippen LogP contribution < -0.4 is 5.43 Å². The van der Waals surface area contributed by atoms with Crippen LogP contribution in [0.5, 0.6) is 0 Å². The lowest BCUT2D eigenvalue weighted by Crippen LogP contribution is -2.35. The number of piperidine rings is 1. The van der Waals surface area contributed by atoms with Gasteiger partial charge in [-0.05, 0) is 44.4 Å². The number of rotatable bonds is 2. The number of likely N-dealkylation sites (tertiary alicyclic amines) is 1. The van der Waals surface area contributed by atoms with E-state index in [0.29, 0.717) is 0 Å². The number of fused-ring (bicyclic) bond motifs is 1. The number of para-hydroxylation sites is 1.